The Morgan fingerprint density at radius 1 is 1.22 bits per heavy atom. The first-order chi connectivity index (χ1) is 8.63. The molecule has 2 rings (SSSR count). The molecule has 5 heteroatoms. The van der Waals surface area contributed by atoms with Crippen LogP contribution >= 0.6 is 0 Å². The molecule has 0 unspecified atom stereocenters. The summed E-state index contributed by atoms with van der Waals surface area (Å²) in [5, 5.41) is 3.13. The van der Waals surface area contributed by atoms with Gasteiger partial charge in [0.15, 0.2) is 5.82 Å². The number of rotatable bonds is 3. The number of nitrogens with one attached hydrogen (secondary N) is 1. The van der Waals surface area contributed by atoms with E-state index in [1.54, 1.807) is 6.20 Å². The lowest BCUT2D eigenvalue weighted by molar-refractivity contribution is 0.833. The van der Waals surface area contributed by atoms with Crippen molar-refractivity contribution in [3.8, 4) is 11.5 Å². The maximum Gasteiger partial charge on any atom is 0.180 e. The van der Waals surface area contributed by atoms with Crippen LogP contribution in [0.4, 0.5) is 5.82 Å². The van der Waals surface area contributed by atoms with E-state index in [1.165, 1.54) is 6.33 Å². The number of aryl methyl sites for hydroxylation is 1. The van der Waals surface area contributed by atoms with Crippen LogP contribution in [-0.2, 0) is 0 Å². The highest BCUT2D eigenvalue weighted by Gasteiger charge is 2.14. The lowest BCUT2D eigenvalue weighted by Crippen LogP contribution is -2.07. The third-order valence-electron chi connectivity index (χ3n) is 2.76. The maximum atomic E-state index is 4.53. The van der Waals surface area contributed by atoms with E-state index in [4.69, 9.17) is 0 Å². The van der Waals surface area contributed by atoms with Crippen LogP contribution in [0.2, 0.25) is 0 Å². The zero-order chi connectivity index (χ0) is 13.1. The van der Waals surface area contributed by atoms with E-state index in [0.29, 0.717) is 11.7 Å². The smallest absolute Gasteiger partial charge is 0.180 e. The van der Waals surface area contributed by atoms with Gasteiger partial charge < -0.3 is 5.32 Å². The molecule has 0 bridgehead atoms. The molecule has 0 spiro atoms. The topological polar surface area (TPSA) is 63.6 Å². The summed E-state index contributed by atoms with van der Waals surface area (Å²) in [6.45, 7) is 6.27. The van der Waals surface area contributed by atoms with E-state index in [-0.39, 0.29) is 0 Å². The number of hydrogen-bond donors (Lipinski definition) is 1. The Kier molecular flexibility index (Phi) is 3.50. The molecule has 2 aromatic heterocycles. The van der Waals surface area contributed by atoms with Crippen molar-refractivity contribution >= 4 is 5.82 Å². The summed E-state index contributed by atoms with van der Waals surface area (Å²) in [5.41, 5.74) is 2.87. The lowest BCUT2D eigenvalue weighted by Gasteiger charge is -2.15. The molecule has 0 saturated carbocycles. The van der Waals surface area contributed by atoms with Crippen molar-refractivity contribution < 1.29 is 0 Å². The van der Waals surface area contributed by atoms with Gasteiger partial charge in [-0.15, -0.1) is 0 Å². The number of anilines is 1. The highest BCUT2D eigenvalue weighted by Crippen LogP contribution is 2.26. The van der Waals surface area contributed by atoms with Crippen molar-refractivity contribution in [1.29, 1.82) is 0 Å². The third kappa shape index (κ3) is 2.30. The van der Waals surface area contributed by atoms with Crippen LogP contribution in [-0.4, -0.2) is 27.0 Å². The summed E-state index contributed by atoms with van der Waals surface area (Å²) in [6, 6.07) is 1.81. The Morgan fingerprint density at radius 2 is 2.00 bits per heavy atom. The first-order valence-corrected chi connectivity index (χ1v) is 5.96. The van der Waals surface area contributed by atoms with Gasteiger partial charge in [0, 0.05) is 24.5 Å². The molecule has 0 fully saturated rings. The zero-order valence-corrected chi connectivity index (χ0v) is 11.1. The van der Waals surface area contributed by atoms with Crippen LogP contribution in [0.25, 0.3) is 11.5 Å². The van der Waals surface area contributed by atoms with Crippen LogP contribution in [0.3, 0.4) is 0 Å². The quantitative estimate of drug-likeness (QED) is 0.896. The van der Waals surface area contributed by atoms with E-state index in [2.05, 4.69) is 39.1 Å². The third-order valence-corrected chi connectivity index (χ3v) is 2.76. The summed E-state index contributed by atoms with van der Waals surface area (Å²) in [4.78, 5) is 17.1. The van der Waals surface area contributed by atoms with Crippen LogP contribution in [0.15, 0.2) is 18.6 Å². The first kappa shape index (κ1) is 12.4. The fourth-order valence-electron chi connectivity index (χ4n) is 2.00. The van der Waals surface area contributed by atoms with E-state index in [9.17, 15) is 0 Å². The van der Waals surface area contributed by atoms with Gasteiger partial charge in [-0.25, -0.2) is 19.9 Å². The standard InChI is InChI=1S/C13H17N5/c1-8(2)11-9(3)17-12(18-13(11)14-4)10-5-6-15-7-16-10/h5-8H,1-4H3,(H,14,17,18). The van der Waals surface area contributed by atoms with E-state index in [1.807, 2.05) is 20.0 Å². The van der Waals surface area contributed by atoms with Crippen LogP contribution in [0.1, 0.15) is 31.0 Å². The SMILES string of the molecule is CNc1nc(-c2ccncn2)nc(C)c1C(C)C. The van der Waals surface area contributed by atoms with Crippen LogP contribution < -0.4 is 5.32 Å². The summed E-state index contributed by atoms with van der Waals surface area (Å²) in [5.74, 6) is 1.88. The molecule has 94 valence electrons. The van der Waals surface area contributed by atoms with Gasteiger partial charge >= 0.3 is 0 Å². The van der Waals surface area contributed by atoms with Gasteiger partial charge in [0.1, 0.15) is 17.8 Å². The molecule has 1 N–H and O–H groups in total. The zero-order valence-electron chi connectivity index (χ0n) is 11.1. The minimum atomic E-state index is 0.381. The van der Waals surface area contributed by atoms with Gasteiger partial charge in [0.05, 0.1) is 0 Å². The van der Waals surface area contributed by atoms with Gasteiger partial charge in [0.25, 0.3) is 0 Å². The summed E-state index contributed by atoms with van der Waals surface area (Å²) < 4.78 is 0. The molecular weight excluding hydrogens is 226 g/mol. The summed E-state index contributed by atoms with van der Waals surface area (Å²) in [6.07, 6.45) is 3.19. The van der Waals surface area contributed by atoms with Crippen LogP contribution in [0, 0.1) is 6.92 Å². The van der Waals surface area contributed by atoms with Gasteiger partial charge in [0.2, 0.25) is 0 Å². The van der Waals surface area contributed by atoms with Gasteiger partial charge in [-0.05, 0) is 18.9 Å². The molecular formula is C13H17N5. The Morgan fingerprint density at radius 3 is 2.56 bits per heavy atom. The maximum absolute atomic E-state index is 4.53. The largest absolute Gasteiger partial charge is 0.373 e. The molecule has 2 aromatic rings. The van der Waals surface area contributed by atoms with Crippen molar-refractivity contribution in [1.82, 2.24) is 19.9 Å². The Bertz CT molecular complexity index is 537. The molecule has 18 heavy (non-hydrogen) atoms. The highest BCUT2D eigenvalue weighted by atomic mass is 15.0. The van der Waals surface area contributed by atoms with Crippen molar-refractivity contribution in [3.63, 3.8) is 0 Å². The van der Waals surface area contributed by atoms with E-state index in [0.717, 1.165) is 22.8 Å². The molecule has 5 nitrogen and oxygen atoms in total. The van der Waals surface area contributed by atoms with Gasteiger partial charge in [-0.2, -0.15) is 0 Å². The number of hydrogen-bond acceptors (Lipinski definition) is 5. The second-order valence-corrected chi connectivity index (χ2v) is 4.39. The molecule has 0 aromatic carbocycles. The normalized spacial score (nSPS) is 10.7. The van der Waals surface area contributed by atoms with Crippen molar-refractivity contribution in [2.75, 3.05) is 12.4 Å². The molecule has 0 saturated heterocycles. The number of aromatic nitrogens is 4. The molecule has 0 aliphatic carbocycles. The minimum absolute atomic E-state index is 0.381. The molecule has 0 aliphatic rings. The Hall–Kier alpha value is -2.04. The van der Waals surface area contributed by atoms with E-state index >= 15 is 0 Å². The van der Waals surface area contributed by atoms with Gasteiger partial charge in [-0.1, -0.05) is 13.8 Å². The van der Waals surface area contributed by atoms with Crippen molar-refractivity contribution in [2.24, 2.45) is 0 Å². The molecule has 2 heterocycles. The highest BCUT2D eigenvalue weighted by molar-refractivity contribution is 5.56. The Balaban J connectivity index is 2.56. The number of nitrogens with zero attached hydrogens (tertiary/aromatic N) is 4. The molecule has 0 aliphatic heterocycles. The second-order valence-electron chi connectivity index (χ2n) is 4.39. The minimum Gasteiger partial charge on any atom is -0.373 e. The molecule has 0 amide bonds. The average molecular weight is 243 g/mol. The monoisotopic (exact) mass is 243 g/mol. The van der Waals surface area contributed by atoms with Gasteiger partial charge in [-0.3, -0.25) is 0 Å². The Labute approximate surface area is 107 Å². The molecule has 0 radical (unpaired) electrons. The summed E-state index contributed by atoms with van der Waals surface area (Å²) >= 11 is 0. The second kappa shape index (κ2) is 5.08. The molecule has 0 atom stereocenters. The predicted molar refractivity (Wildman–Crippen MR) is 71.4 cm³/mol. The average Bonchev–Trinajstić information content (AvgIpc) is 2.38. The predicted octanol–water partition coefficient (Wildman–Crippen LogP) is 2.41. The summed E-state index contributed by atoms with van der Waals surface area (Å²) in [7, 11) is 1.87. The van der Waals surface area contributed by atoms with Crippen molar-refractivity contribution in [2.45, 2.75) is 26.7 Å². The fraction of sp³-hybridized carbons (Fsp3) is 0.385. The fourth-order valence-corrected chi connectivity index (χ4v) is 2.00. The lowest BCUT2D eigenvalue weighted by atomic mass is 10.0. The van der Waals surface area contributed by atoms with Crippen LogP contribution in [0.5, 0.6) is 0 Å². The van der Waals surface area contributed by atoms with Crippen molar-refractivity contribution in [3.05, 3.63) is 29.8 Å². The van der Waals surface area contributed by atoms with E-state index < -0.39 is 0 Å². The first-order valence-electron chi connectivity index (χ1n) is 5.96.